The summed E-state index contributed by atoms with van der Waals surface area (Å²) in [6.07, 6.45) is 0.891. The number of rotatable bonds is 7. The molecule has 0 bridgehead atoms. The number of nitrogens with one attached hydrogen (secondary N) is 1. The molecule has 122 valence electrons. The smallest absolute Gasteiger partial charge is 0.224 e. The first-order chi connectivity index (χ1) is 11.1. The average Bonchev–Trinajstić information content (AvgIpc) is 2.57. The van der Waals surface area contributed by atoms with Crippen LogP contribution in [0.4, 0.5) is 4.39 Å². The van der Waals surface area contributed by atoms with Gasteiger partial charge in [-0.15, -0.1) is 0 Å². The molecule has 23 heavy (non-hydrogen) atoms. The van der Waals surface area contributed by atoms with Gasteiger partial charge in [-0.2, -0.15) is 0 Å². The molecule has 0 radical (unpaired) electrons. The molecule has 0 aliphatic carbocycles. The molecular formula is C18H20FNO3. The van der Waals surface area contributed by atoms with E-state index in [1.165, 1.54) is 12.1 Å². The minimum absolute atomic E-state index is 0.0934. The van der Waals surface area contributed by atoms with Crippen LogP contribution in [-0.4, -0.2) is 26.7 Å². The van der Waals surface area contributed by atoms with Crippen molar-refractivity contribution in [3.8, 4) is 11.5 Å². The van der Waals surface area contributed by atoms with Gasteiger partial charge in [0.1, 0.15) is 17.3 Å². The Morgan fingerprint density at radius 2 is 1.83 bits per heavy atom. The van der Waals surface area contributed by atoms with E-state index < -0.39 is 0 Å². The molecule has 2 rings (SSSR count). The van der Waals surface area contributed by atoms with Crippen molar-refractivity contribution in [3.05, 3.63) is 59.4 Å². The molecule has 0 aliphatic rings. The van der Waals surface area contributed by atoms with E-state index in [1.807, 2.05) is 18.2 Å². The maximum absolute atomic E-state index is 12.8. The van der Waals surface area contributed by atoms with E-state index in [9.17, 15) is 9.18 Å². The van der Waals surface area contributed by atoms with Crippen LogP contribution in [0.25, 0.3) is 0 Å². The second-order valence-electron chi connectivity index (χ2n) is 5.08. The van der Waals surface area contributed by atoms with Crippen LogP contribution in [0.1, 0.15) is 11.1 Å². The topological polar surface area (TPSA) is 47.6 Å². The van der Waals surface area contributed by atoms with Crippen LogP contribution in [0, 0.1) is 5.82 Å². The van der Waals surface area contributed by atoms with Gasteiger partial charge < -0.3 is 14.8 Å². The number of hydrogen-bond acceptors (Lipinski definition) is 3. The third-order valence-corrected chi connectivity index (χ3v) is 3.49. The molecule has 0 saturated heterocycles. The van der Waals surface area contributed by atoms with E-state index in [0.717, 1.165) is 22.6 Å². The molecule has 2 aromatic rings. The Hall–Kier alpha value is -2.56. The van der Waals surface area contributed by atoms with Gasteiger partial charge in [-0.1, -0.05) is 18.2 Å². The zero-order chi connectivity index (χ0) is 16.7. The van der Waals surface area contributed by atoms with E-state index in [0.29, 0.717) is 13.0 Å². The van der Waals surface area contributed by atoms with E-state index >= 15 is 0 Å². The number of carbonyl (C=O) groups excluding carboxylic acids is 1. The summed E-state index contributed by atoms with van der Waals surface area (Å²) in [6, 6.07) is 11.5. The van der Waals surface area contributed by atoms with Gasteiger partial charge in [0, 0.05) is 12.6 Å². The SMILES string of the molecule is COc1ccc(CCNC(=O)Cc2ccc(F)cc2)c(OC)c1. The highest BCUT2D eigenvalue weighted by molar-refractivity contribution is 5.78. The van der Waals surface area contributed by atoms with Crippen molar-refractivity contribution in [2.75, 3.05) is 20.8 Å². The molecule has 0 aromatic heterocycles. The van der Waals surface area contributed by atoms with E-state index in [1.54, 1.807) is 26.4 Å². The predicted molar refractivity (Wildman–Crippen MR) is 86.4 cm³/mol. The fourth-order valence-electron chi connectivity index (χ4n) is 2.25. The number of ether oxygens (including phenoxy) is 2. The number of carbonyl (C=O) groups is 1. The van der Waals surface area contributed by atoms with Gasteiger partial charge in [0.2, 0.25) is 5.91 Å². The number of methoxy groups -OCH3 is 2. The Bertz CT molecular complexity index is 656. The Morgan fingerprint density at radius 1 is 1.09 bits per heavy atom. The molecule has 0 aliphatic heterocycles. The average molecular weight is 317 g/mol. The highest BCUT2D eigenvalue weighted by Crippen LogP contribution is 2.24. The molecule has 0 spiro atoms. The first-order valence-corrected chi connectivity index (χ1v) is 7.34. The van der Waals surface area contributed by atoms with E-state index in [-0.39, 0.29) is 18.1 Å². The lowest BCUT2D eigenvalue weighted by Gasteiger charge is -2.11. The maximum Gasteiger partial charge on any atom is 0.224 e. The summed E-state index contributed by atoms with van der Waals surface area (Å²) in [5.74, 6) is 1.06. The summed E-state index contributed by atoms with van der Waals surface area (Å²) in [7, 11) is 3.20. The lowest BCUT2D eigenvalue weighted by atomic mass is 10.1. The van der Waals surface area contributed by atoms with Crippen LogP contribution in [-0.2, 0) is 17.6 Å². The summed E-state index contributed by atoms with van der Waals surface area (Å²) in [4.78, 5) is 11.9. The Kier molecular flexibility index (Phi) is 5.97. The fraction of sp³-hybridized carbons (Fsp3) is 0.278. The normalized spacial score (nSPS) is 10.2. The highest BCUT2D eigenvalue weighted by Gasteiger charge is 2.07. The standard InChI is InChI=1S/C18H20FNO3/c1-22-16-8-5-14(17(12-16)23-2)9-10-20-18(21)11-13-3-6-15(19)7-4-13/h3-8,12H,9-11H2,1-2H3,(H,20,21). The summed E-state index contributed by atoms with van der Waals surface area (Å²) in [5.41, 5.74) is 1.78. The van der Waals surface area contributed by atoms with Crippen molar-refractivity contribution in [1.82, 2.24) is 5.32 Å². The lowest BCUT2D eigenvalue weighted by molar-refractivity contribution is -0.120. The zero-order valence-corrected chi connectivity index (χ0v) is 13.3. The van der Waals surface area contributed by atoms with Crippen molar-refractivity contribution in [1.29, 1.82) is 0 Å². The van der Waals surface area contributed by atoms with Crippen LogP contribution in [0.2, 0.25) is 0 Å². The van der Waals surface area contributed by atoms with Gasteiger partial charge in [0.15, 0.2) is 0 Å². The molecule has 4 nitrogen and oxygen atoms in total. The third kappa shape index (κ3) is 4.98. The fourth-order valence-corrected chi connectivity index (χ4v) is 2.25. The van der Waals surface area contributed by atoms with E-state index in [4.69, 9.17) is 9.47 Å². The van der Waals surface area contributed by atoms with Crippen LogP contribution in [0.15, 0.2) is 42.5 Å². The van der Waals surface area contributed by atoms with Crippen LogP contribution < -0.4 is 14.8 Å². The predicted octanol–water partition coefficient (Wildman–Crippen LogP) is 2.74. The second-order valence-corrected chi connectivity index (χ2v) is 5.08. The first kappa shape index (κ1) is 16.8. The van der Waals surface area contributed by atoms with Gasteiger partial charge in [0.25, 0.3) is 0 Å². The van der Waals surface area contributed by atoms with Gasteiger partial charge in [-0.05, 0) is 35.7 Å². The minimum atomic E-state index is -0.305. The van der Waals surface area contributed by atoms with Gasteiger partial charge in [-0.3, -0.25) is 4.79 Å². The number of halogens is 1. The summed E-state index contributed by atoms with van der Waals surface area (Å²) < 4.78 is 23.3. The van der Waals surface area contributed by atoms with Crippen molar-refractivity contribution >= 4 is 5.91 Å². The third-order valence-electron chi connectivity index (χ3n) is 3.49. The molecule has 0 saturated carbocycles. The molecule has 0 atom stereocenters. The minimum Gasteiger partial charge on any atom is -0.497 e. The Balaban J connectivity index is 1.84. The van der Waals surface area contributed by atoms with Crippen LogP contribution in [0.5, 0.6) is 11.5 Å². The molecular weight excluding hydrogens is 297 g/mol. The monoisotopic (exact) mass is 317 g/mol. The number of benzene rings is 2. The highest BCUT2D eigenvalue weighted by atomic mass is 19.1. The molecule has 2 aromatic carbocycles. The number of amides is 1. The van der Waals surface area contributed by atoms with Crippen molar-refractivity contribution in [3.63, 3.8) is 0 Å². The lowest BCUT2D eigenvalue weighted by Crippen LogP contribution is -2.27. The second kappa shape index (κ2) is 8.17. The summed E-state index contributed by atoms with van der Waals surface area (Å²) >= 11 is 0. The summed E-state index contributed by atoms with van der Waals surface area (Å²) in [6.45, 7) is 0.503. The van der Waals surface area contributed by atoms with Gasteiger partial charge in [-0.25, -0.2) is 4.39 Å². The van der Waals surface area contributed by atoms with Crippen molar-refractivity contribution in [2.45, 2.75) is 12.8 Å². The molecule has 5 heteroatoms. The largest absolute Gasteiger partial charge is 0.497 e. The summed E-state index contributed by atoms with van der Waals surface area (Å²) in [5, 5.41) is 2.85. The quantitative estimate of drug-likeness (QED) is 0.854. The maximum atomic E-state index is 12.8. The van der Waals surface area contributed by atoms with Gasteiger partial charge >= 0.3 is 0 Å². The van der Waals surface area contributed by atoms with Crippen molar-refractivity contribution in [2.24, 2.45) is 0 Å². The molecule has 0 heterocycles. The van der Waals surface area contributed by atoms with Gasteiger partial charge in [0.05, 0.1) is 20.6 Å². The number of hydrogen-bond donors (Lipinski definition) is 1. The van der Waals surface area contributed by atoms with Crippen LogP contribution in [0.3, 0.4) is 0 Å². The first-order valence-electron chi connectivity index (χ1n) is 7.34. The van der Waals surface area contributed by atoms with Crippen LogP contribution >= 0.6 is 0 Å². The molecule has 0 unspecified atom stereocenters. The zero-order valence-electron chi connectivity index (χ0n) is 13.3. The van der Waals surface area contributed by atoms with E-state index in [2.05, 4.69) is 5.32 Å². The van der Waals surface area contributed by atoms with Crippen molar-refractivity contribution < 1.29 is 18.7 Å². The molecule has 0 fully saturated rings. The Labute approximate surface area is 135 Å². The molecule has 1 N–H and O–H groups in total. The Morgan fingerprint density at radius 3 is 2.48 bits per heavy atom. The molecule has 1 amide bonds.